The lowest BCUT2D eigenvalue weighted by atomic mass is 10.1. The highest BCUT2D eigenvalue weighted by Crippen LogP contribution is 2.16. The van der Waals surface area contributed by atoms with Gasteiger partial charge in [0.05, 0.1) is 0 Å². The van der Waals surface area contributed by atoms with E-state index in [4.69, 9.17) is 22.7 Å². The van der Waals surface area contributed by atoms with E-state index >= 15 is 0 Å². The van der Waals surface area contributed by atoms with E-state index in [1.54, 1.807) is 11.8 Å². The van der Waals surface area contributed by atoms with Crippen molar-refractivity contribution < 1.29 is 4.74 Å². The number of nitrogens with one attached hydrogen (secondary N) is 1. The summed E-state index contributed by atoms with van der Waals surface area (Å²) in [6.45, 7) is 1.54. The quantitative estimate of drug-likeness (QED) is 0.153. The Labute approximate surface area is 182 Å². The maximum absolute atomic E-state index is 5.97. The molecule has 1 rings (SSSR count). The van der Waals surface area contributed by atoms with Crippen LogP contribution in [0, 0.1) is 0 Å². The van der Waals surface area contributed by atoms with Gasteiger partial charge in [0, 0.05) is 18.0 Å². The first kappa shape index (κ1) is 25.2. The number of benzene rings is 1. The molecule has 0 aliphatic heterocycles. The number of hydrogen-bond acceptors (Lipinski definition) is 4. The van der Waals surface area contributed by atoms with Gasteiger partial charge in [-0.2, -0.15) is 4.99 Å². The first-order valence-electron chi connectivity index (χ1n) is 9.87. The lowest BCUT2D eigenvalue weighted by Crippen LogP contribution is -2.19. The van der Waals surface area contributed by atoms with Crippen LogP contribution in [-0.4, -0.2) is 54.3 Å². The summed E-state index contributed by atoms with van der Waals surface area (Å²) in [4.78, 5) is 6.35. The highest BCUT2D eigenvalue weighted by molar-refractivity contribution is 8.13. The first-order valence-corrected chi connectivity index (χ1v) is 12.1. The summed E-state index contributed by atoms with van der Waals surface area (Å²) in [7, 11) is 6.83. The number of nitrogens with zero attached hydrogens (tertiary/aromatic N) is 2. The molecule has 0 bridgehead atoms. The van der Waals surface area contributed by atoms with E-state index in [9.17, 15) is 0 Å². The minimum atomic E-state index is 0.378. The number of thiocarbonyl (C=S) groups is 1. The lowest BCUT2D eigenvalue weighted by molar-refractivity contribution is 0.261. The van der Waals surface area contributed by atoms with Crippen LogP contribution in [-0.2, 0) is 0 Å². The third kappa shape index (κ3) is 13.3. The summed E-state index contributed by atoms with van der Waals surface area (Å²) in [5.74, 6) is 1.83. The van der Waals surface area contributed by atoms with Crippen molar-refractivity contribution >= 4 is 49.2 Å². The molecular formula is C20H35N4OPS2. The molecule has 0 aliphatic carbocycles. The van der Waals surface area contributed by atoms with Crippen molar-refractivity contribution in [3.05, 3.63) is 24.3 Å². The van der Waals surface area contributed by atoms with Crippen LogP contribution in [0.4, 0.5) is 5.69 Å². The maximum atomic E-state index is 5.97. The molecule has 0 aromatic heterocycles. The SMILES string of the molecule is CN(C)CCOc1ccc(NC(=S)/N=C(\N)SCCCCCCCCP)cc1. The number of thioether (sulfide) groups is 1. The normalized spacial score (nSPS) is 11.6. The number of nitrogens with two attached hydrogens (primary N) is 1. The predicted octanol–water partition coefficient (Wildman–Crippen LogP) is 4.59. The van der Waals surface area contributed by atoms with Gasteiger partial charge in [0.15, 0.2) is 10.3 Å². The zero-order chi connectivity index (χ0) is 20.6. The molecule has 8 heteroatoms. The smallest absolute Gasteiger partial charge is 0.199 e. The molecule has 0 fully saturated rings. The second-order valence-corrected chi connectivity index (χ2v) is 8.89. The number of ether oxygens (including phenoxy) is 1. The van der Waals surface area contributed by atoms with Gasteiger partial charge in [0.2, 0.25) is 0 Å². The van der Waals surface area contributed by atoms with Gasteiger partial charge in [-0.25, -0.2) is 0 Å². The molecule has 0 saturated carbocycles. The fourth-order valence-electron chi connectivity index (χ4n) is 2.39. The van der Waals surface area contributed by atoms with E-state index in [1.165, 1.54) is 38.3 Å². The Bertz CT molecular complexity index is 582. The van der Waals surface area contributed by atoms with E-state index < -0.39 is 0 Å². The lowest BCUT2D eigenvalue weighted by Gasteiger charge is -2.11. The average Bonchev–Trinajstić information content (AvgIpc) is 2.65. The molecule has 5 nitrogen and oxygen atoms in total. The molecule has 158 valence electrons. The van der Waals surface area contributed by atoms with Crippen LogP contribution in [0.25, 0.3) is 0 Å². The van der Waals surface area contributed by atoms with Gasteiger partial charge < -0.3 is 20.7 Å². The molecular weight excluding hydrogens is 407 g/mol. The van der Waals surface area contributed by atoms with Gasteiger partial charge in [-0.1, -0.05) is 37.4 Å². The third-order valence-corrected chi connectivity index (χ3v) is 5.45. The predicted molar refractivity (Wildman–Crippen MR) is 133 cm³/mol. The maximum Gasteiger partial charge on any atom is 0.199 e. The molecule has 0 spiro atoms. The monoisotopic (exact) mass is 442 g/mol. The highest BCUT2D eigenvalue weighted by atomic mass is 32.2. The molecule has 0 amide bonds. The van der Waals surface area contributed by atoms with Gasteiger partial charge in [0.1, 0.15) is 12.4 Å². The number of anilines is 1. The zero-order valence-corrected chi connectivity index (χ0v) is 19.9. The van der Waals surface area contributed by atoms with Crippen molar-refractivity contribution in [2.45, 2.75) is 38.5 Å². The number of aliphatic imine (C=N–C) groups is 1. The van der Waals surface area contributed by atoms with Crippen molar-refractivity contribution in [2.75, 3.05) is 44.5 Å². The number of rotatable bonds is 13. The molecule has 28 heavy (non-hydrogen) atoms. The Morgan fingerprint density at radius 1 is 1.14 bits per heavy atom. The summed E-state index contributed by atoms with van der Waals surface area (Å²) in [5, 5.41) is 3.99. The van der Waals surface area contributed by atoms with E-state index in [-0.39, 0.29) is 0 Å². The van der Waals surface area contributed by atoms with Crippen LogP contribution in [0.5, 0.6) is 5.75 Å². The van der Waals surface area contributed by atoms with Gasteiger partial charge in [0.25, 0.3) is 0 Å². The van der Waals surface area contributed by atoms with Gasteiger partial charge in [-0.05, 0) is 69.6 Å². The molecule has 1 atom stereocenters. The zero-order valence-electron chi connectivity index (χ0n) is 17.2. The summed E-state index contributed by atoms with van der Waals surface area (Å²) >= 11 is 6.84. The van der Waals surface area contributed by atoms with Crippen LogP contribution < -0.4 is 15.8 Å². The van der Waals surface area contributed by atoms with E-state index in [0.717, 1.165) is 30.2 Å². The third-order valence-electron chi connectivity index (χ3n) is 3.97. The van der Waals surface area contributed by atoms with E-state index in [0.29, 0.717) is 16.9 Å². The summed E-state index contributed by atoms with van der Waals surface area (Å²) < 4.78 is 5.68. The van der Waals surface area contributed by atoms with Crippen molar-refractivity contribution in [3.63, 3.8) is 0 Å². The molecule has 0 saturated heterocycles. The Balaban J connectivity index is 2.22. The molecule has 0 heterocycles. The second-order valence-electron chi connectivity index (χ2n) is 6.81. The molecule has 1 unspecified atom stereocenters. The minimum absolute atomic E-state index is 0.378. The number of unbranched alkanes of at least 4 members (excludes halogenated alkanes) is 5. The fourth-order valence-corrected chi connectivity index (χ4v) is 3.67. The molecule has 0 aliphatic rings. The van der Waals surface area contributed by atoms with Crippen LogP contribution in [0.1, 0.15) is 38.5 Å². The molecule has 3 N–H and O–H groups in total. The van der Waals surface area contributed by atoms with Crippen LogP contribution >= 0.6 is 33.2 Å². The molecule has 1 aromatic carbocycles. The standard InChI is InChI=1S/C20H35N4OPS2/c1-24(2)13-14-25-18-11-9-17(10-12-18)22-20(27)23-19(21)28-16-8-6-4-3-5-7-15-26/h9-12H,3-8,13-16,26H2,1-2H3,(H3,21,22,23,27). The van der Waals surface area contributed by atoms with Crippen molar-refractivity contribution in [1.29, 1.82) is 0 Å². The average molecular weight is 443 g/mol. The fraction of sp³-hybridized carbons (Fsp3) is 0.600. The van der Waals surface area contributed by atoms with Gasteiger partial charge in [-0.15, -0.1) is 9.24 Å². The summed E-state index contributed by atoms with van der Waals surface area (Å²) in [6, 6.07) is 7.68. The second kappa shape index (κ2) is 16.0. The van der Waals surface area contributed by atoms with Gasteiger partial charge >= 0.3 is 0 Å². The minimum Gasteiger partial charge on any atom is -0.492 e. The van der Waals surface area contributed by atoms with Crippen LogP contribution in [0.15, 0.2) is 29.3 Å². The number of likely N-dealkylation sites (N-methyl/N-ethyl adjacent to an activating group) is 1. The largest absolute Gasteiger partial charge is 0.492 e. The Kier molecular flexibility index (Phi) is 14.4. The first-order chi connectivity index (χ1) is 13.5. The Morgan fingerprint density at radius 2 is 1.79 bits per heavy atom. The topological polar surface area (TPSA) is 62.9 Å². The number of amidine groups is 1. The van der Waals surface area contributed by atoms with Crippen molar-refractivity contribution in [1.82, 2.24) is 4.90 Å². The van der Waals surface area contributed by atoms with Crippen molar-refractivity contribution in [2.24, 2.45) is 10.7 Å². The Hall–Kier alpha value is -0.880. The van der Waals surface area contributed by atoms with E-state index in [2.05, 4.69) is 24.4 Å². The highest BCUT2D eigenvalue weighted by Gasteiger charge is 2.01. The summed E-state index contributed by atoms with van der Waals surface area (Å²) in [5.41, 5.74) is 6.84. The number of hydrogen-bond donors (Lipinski definition) is 2. The molecule has 1 aromatic rings. The van der Waals surface area contributed by atoms with Crippen molar-refractivity contribution in [3.8, 4) is 5.75 Å². The van der Waals surface area contributed by atoms with Crippen LogP contribution in [0.3, 0.4) is 0 Å². The Morgan fingerprint density at radius 3 is 2.43 bits per heavy atom. The molecule has 0 radical (unpaired) electrons. The van der Waals surface area contributed by atoms with Gasteiger partial charge in [-0.3, -0.25) is 0 Å². The van der Waals surface area contributed by atoms with E-state index in [1.807, 2.05) is 38.4 Å². The van der Waals surface area contributed by atoms with Crippen LogP contribution in [0.2, 0.25) is 0 Å². The summed E-state index contributed by atoms with van der Waals surface area (Å²) in [6.07, 6.45) is 8.91.